The molecule has 0 atom stereocenters. The van der Waals surface area contributed by atoms with Gasteiger partial charge >= 0.3 is 0 Å². The lowest BCUT2D eigenvalue weighted by molar-refractivity contribution is -0.384. The van der Waals surface area contributed by atoms with Gasteiger partial charge in [0.25, 0.3) is 5.69 Å². The molecule has 1 aliphatic rings. The Bertz CT molecular complexity index is 663. The van der Waals surface area contributed by atoms with Crippen molar-refractivity contribution < 1.29 is 4.92 Å². The van der Waals surface area contributed by atoms with E-state index in [0.717, 1.165) is 12.0 Å². The van der Waals surface area contributed by atoms with Crippen LogP contribution in [0.5, 0.6) is 0 Å². The lowest BCUT2D eigenvalue weighted by atomic mass is 10.00. The summed E-state index contributed by atoms with van der Waals surface area (Å²) < 4.78 is 0. The zero-order chi connectivity index (χ0) is 12.5. The fourth-order valence-corrected chi connectivity index (χ4v) is 2.20. The van der Waals surface area contributed by atoms with Crippen molar-refractivity contribution in [3.05, 3.63) is 64.0 Å². The number of hydrogen-bond acceptors (Lipinski definition) is 3. The van der Waals surface area contributed by atoms with Crippen LogP contribution in [0.15, 0.2) is 42.7 Å². The number of nitrogens with zero attached hydrogens (tertiary/aromatic N) is 2. The van der Waals surface area contributed by atoms with Crippen LogP contribution < -0.4 is 0 Å². The second kappa shape index (κ2) is 4.07. The van der Waals surface area contributed by atoms with Crippen LogP contribution in [-0.4, -0.2) is 9.91 Å². The average Bonchev–Trinajstić information content (AvgIpc) is 2.85. The summed E-state index contributed by atoms with van der Waals surface area (Å²) in [6, 6.07) is 7.61. The summed E-state index contributed by atoms with van der Waals surface area (Å²) in [4.78, 5) is 14.4. The zero-order valence-electron chi connectivity index (χ0n) is 9.54. The summed E-state index contributed by atoms with van der Waals surface area (Å²) >= 11 is 0. The van der Waals surface area contributed by atoms with Crippen LogP contribution in [0.3, 0.4) is 0 Å². The van der Waals surface area contributed by atoms with Gasteiger partial charge in [-0.05, 0) is 35.2 Å². The Morgan fingerprint density at radius 1 is 1.28 bits per heavy atom. The fraction of sp³-hybridized carbons (Fsp3) is 0.0714. The van der Waals surface area contributed by atoms with Gasteiger partial charge in [-0.2, -0.15) is 0 Å². The van der Waals surface area contributed by atoms with Crippen molar-refractivity contribution in [1.82, 2.24) is 4.98 Å². The van der Waals surface area contributed by atoms with Crippen molar-refractivity contribution in [3.8, 4) is 11.1 Å². The lowest BCUT2D eigenvalue weighted by Crippen LogP contribution is -1.93. The summed E-state index contributed by atoms with van der Waals surface area (Å²) in [5.41, 5.74) is 3.92. The minimum Gasteiger partial charge on any atom is -0.258 e. The van der Waals surface area contributed by atoms with Crippen LogP contribution in [-0.2, 0) is 6.42 Å². The predicted octanol–water partition coefficient (Wildman–Crippen LogP) is 3.23. The van der Waals surface area contributed by atoms with Crippen molar-refractivity contribution >= 4 is 11.8 Å². The Balaban J connectivity index is 2.14. The summed E-state index contributed by atoms with van der Waals surface area (Å²) in [5, 5.41) is 11.0. The van der Waals surface area contributed by atoms with Crippen LogP contribution in [0.1, 0.15) is 11.1 Å². The van der Waals surface area contributed by atoms with Gasteiger partial charge in [-0.3, -0.25) is 15.1 Å². The first-order chi connectivity index (χ1) is 8.75. The molecule has 0 bridgehead atoms. The minimum atomic E-state index is -0.395. The number of allylic oxidation sites excluding steroid dienone is 1. The molecule has 0 spiro atoms. The van der Waals surface area contributed by atoms with Crippen LogP contribution >= 0.6 is 0 Å². The normalized spacial score (nSPS) is 12.4. The number of nitro groups is 1. The van der Waals surface area contributed by atoms with E-state index in [1.165, 1.54) is 17.3 Å². The molecule has 1 aliphatic carbocycles. The third-order valence-electron chi connectivity index (χ3n) is 3.09. The molecule has 0 unspecified atom stereocenters. The second-order valence-corrected chi connectivity index (χ2v) is 4.17. The number of pyridine rings is 1. The number of fused-ring (bicyclic) bond motifs is 1. The first-order valence-corrected chi connectivity index (χ1v) is 5.64. The van der Waals surface area contributed by atoms with Gasteiger partial charge in [0.1, 0.15) is 6.20 Å². The largest absolute Gasteiger partial charge is 0.295 e. The van der Waals surface area contributed by atoms with Crippen molar-refractivity contribution in [2.75, 3.05) is 0 Å². The van der Waals surface area contributed by atoms with E-state index in [9.17, 15) is 10.1 Å². The van der Waals surface area contributed by atoms with E-state index < -0.39 is 4.92 Å². The number of hydrogen-bond donors (Lipinski definition) is 0. The summed E-state index contributed by atoms with van der Waals surface area (Å²) in [6.07, 6.45) is 7.92. The van der Waals surface area contributed by atoms with E-state index in [2.05, 4.69) is 17.1 Å². The Morgan fingerprint density at radius 3 is 3.00 bits per heavy atom. The highest BCUT2D eigenvalue weighted by Crippen LogP contribution is 2.31. The first-order valence-electron chi connectivity index (χ1n) is 5.64. The number of benzene rings is 1. The van der Waals surface area contributed by atoms with Gasteiger partial charge in [0.2, 0.25) is 0 Å². The van der Waals surface area contributed by atoms with E-state index in [1.807, 2.05) is 18.2 Å². The average molecular weight is 238 g/mol. The Labute approximate surface area is 104 Å². The summed E-state index contributed by atoms with van der Waals surface area (Å²) in [6.45, 7) is 0. The molecule has 0 aliphatic heterocycles. The molecule has 4 heteroatoms. The van der Waals surface area contributed by atoms with Crippen LogP contribution in [0.2, 0.25) is 0 Å². The topological polar surface area (TPSA) is 56.0 Å². The highest BCUT2D eigenvalue weighted by Gasteiger charge is 2.16. The molecular formula is C14H10N2O2. The number of aromatic nitrogens is 1. The molecule has 0 saturated carbocycles. The zero-order valence-corrected chi connectivity index (χ0v) is 9.54. The van der Waals surface area contributed by atoms with E-state index in [-0.39, 0.29) is 5.69 Å². The SMILES string of the molecule is O=[N+]([O-])c1cnccc1-c1ccc2c(c1)CC=C2. The fourth-order valence-electron chi connectivity index (χ4n) is 2.20. The molecule has 0 N–H and O–H groups in total. The summed E-state index contributed by atoms with van der Waals surface area (Å²) in [7, 11) is 0. The maximum atomic E-state index is 11.0. The van der Waals surface area contributed by atoms with Gasteiger partial charge in [0.05, 0.1) is 10.5 Å². The number of rotatable bonds is 2. The van der Waals surface area contributed by atoms with Crippen molar-refractivity contribution in [2.24, 2.45) is 0 Å². The van der Waals surface area contributed by atoms with Gasteiger partial charge in [0, 0.05) is 6.20 Å². The monoisotopic (exact) mass is 238 g/mol. The maximum Gasteiger partial charge on any atom is 0.295 e. The van der Waals surface area contributed by atoms with Gasteiger partial charge in [-0.1, -0.05) is 24.3 Å². The predicted molar refractivity (Wildman–Crippen MR) is 69.1 cm³/mol. The summed E-state index contributed by atoms with van der Waals surface area (Å²) in [5.74, 6) is 0. The van der Waals surface area contributed by atoms with E-state index in [4.69, 9.17) is 0 Å². The van der Waals surface area contributed by atoms with Gasteiger partial charge < -0.3 is 0 Å². The van der Waals surface area contributed by atoms with Crippen LogP contribution in [0.4, 0.5) is 5.69 Å². The molecule has 1 heterocycles. The van der Waals surface area contributed by atoms with E-state index >= 15 is 0 Å². The second-order valence-electron chi connectivity index (χ2n) is 4.17. The smallest absolute Gasteiger partial charge is 0.258 e. The Kier molecular flexibility index (Phi) is 2.41. The Morgan fingerprint density at radius 2 is 2.17 bits per heavy atom. The molecule has 0 saturated heterocycles. The third-order valence-corrected chi connectivity index (χ3v) is 3.09. The molecule has 2 aromatic rings. The van der Waals surface area contributed by atoms with E-state index in [1.54, 1.807) is 12.3 Å². The highest BCUT2D eigenvalue weighted by molar-refractivity contribution is 5.75. The van der Waals surface area contributed by atoms with Crippen molar-refractivity contribution in [3.63, 3.8) is 0 Å². The quantitative estimate of drug-likeness (QED) is 0.596. The molecule has 0 fully saturated rings. The third kappa shape index (κ3) is 1.68. The molecule has 1 aromatic heterocycles. The minimum absolute atomic E-state index is 0.0448. The lowest BCUT2D eigenvalue weighted by Gasteiger charge is -2.05. The van der Waals surface area contributed by atoms with Crippen molar-refractivity contribution in [2.45, 2.75) is 6.42 Å². The van der Waals surface area contributed by atoms with Gasteiger partial charge in [-0.15, -0.1) is 0 Å². The highest BCUT2D eigenvalue weighted by atomic mass is 16.6. The molecule has 4 nitrogen and oxygen atoms in total. The molecule has 1 aromatic carbocycles. The Hall–Kier alpha value is -2.49. The van der Waals surface area contributed by atoms with Crippen LogP contribution in [0.25, 0.3) is 17.2 Å². The molecular weight excluding hydrogens is 228 g/mol. The van der Waals surface area contributed by atoms with Gasteiger partial charge in [-0.25, -0.2) is 0 Å². The molecule has 0 amide bonds. The molecule has 18 heavy (non-hydrogen) atoms. The van der Waals surface area contributed by atoms with E-state index in [0.29, 0.717) is 5.56 Å². The standard InChI is InChI=1S/C14H10N2O2/c17-16(18)14-9-15-7-6-13(14)12-5-4-10-2-1-3-11(10)8-12/h1-2,4-9H,3H2. The molecule has 88 valence electrons. The van der Waals surface area contributed by atoms with Crippen LogP contribution in [0, 0.1) is 10.1 Å². The first kappa shape index (κ1) is 10.7. The van der Waals surface area contributed by atoms with Gasteiger partial charge in [0.15, 0.2) is 0 Å². The van der Waals surface area contributed by atoms with Crippen molar-refractivity contribution in [1.29, 1.82) is 0 Å². The molecule has 3 rings (SSSR count). The maximum absolute atomic E-state index is 11.0. The molecule has 0 radical (unpaired) electrons.